The van der Waals surface area contributed by atoms with Crippen molar-refractivity contribution in [1.29, 1.82) is 0 Å². The van der Waals surface area contributed by atoms with Crippen molar-refractivity contribution in [2.24, 2.45) is 7.05 Å². The molecule has 0 radical (unpaired) electrons. The Hall–Kier alpha value is -1.98. The van der Waals surface area contributed by atoms with Crippen LogP contribution in [0.2, 0.25) is 0 Å². The van der Waals surface area contributed by atoms with Crippen molar-refractivity contribution in [2.45, 2.75) is 25.3 Å². The maximum Gasteiger partial charge on any atom is 0.161 e. The Morgan fingerprint density at radius 1 is 1.20 bits per heavy atom. The van der Waals surface area contributed by atoms with Crippen LogP contribution in [0, 0.1) is 17.5 Å². The Morgan fingerprint density at radius 2 is 1.95 bits per heavy atom. The van der Waals surface area contributed by atoms with Gasteiger partial charge < -0.3 is 5.32 Å². The number of hydrogen-bond acceptors (Lipinski definition) is 2. The van der Waals surface area contributed by atoms with Gasteiger partial charge >= 0.3 is 0 Å². The van der Waals surface area contributed by atoms with Gasteiger partial charge in [-0.15, -0.1) is 0 Å². The minimum atomic E-state index is -1.18. The van der Waals surface area contributed by atoms with E-state index in [0.717, 1.165) is 36.6 Å². The molecule has 106 valence electrons. The summed E-state index contributed by atoms with van der Waals surface area (Å²) in [6.45, 7) is 0. The summed E-state index contributed by atoms with van der Waals surface area (Å²) in [5.74, 6) is -3.03. The summed E-state index contributed by atoms with van der Waals surface area (Å²) >= 11 is 0. The lowest BCUT2D eigenvalue weighted by Crippen LogP contribution is -2.18. The Balaban J connectivity index is 1.91. The van der Waals surface area contributed by atoms with Crippen LogP contribution in [0.3, 0.4) is 0 Å². The summed E-state index contributed by atoms with van der Waals surface area (Å²) in [6, 6.07) is 1.28. The second-order valence-corrected chi connectivity index (χ2v) is 5.01. The number of nitrogens with one attached hydrogen (secondary N) is 1. The maximum absolute atomic E-state index is 13.7. The van der Waals surface area contributed by atoms with Gasteiger partial charge in [-0.3, -0.25) is 4.68 Å². The lowest BCUT2D eigenvalue weighted by molar-refractivity contribution is 0.494. The highest BCUT2D eigenvalue weighted by molar-refractivity contribution is 5.48. The van der Waals surface area contributed by atoms with Gasteiger partial charge in [-0.05, 0) is 19.3 Å². The molecule has 0 saturated carbocycles. The maximum atomic E-state index is 13.7. The van der Waals surface area contributed by atoms with Gasteiger partial charge in [-0.2, -0.15) is 5.10 Å². The third-order valence-corrected chi connectivity index (χ3v) is 3.72. The first-order valence-corrected chi connectivity index (χ1v) is 6.48. The van der Waals surface area contributed by atoms with E-state index in [1.165, 1.54) is 0 Å². The van der Waals surface area contributed by atoms with E-state index in [4.69, 9.17) is 0 Å². The molecule has 1 aliphatic rings. The van der Waals surface area contributed by atoms with E-state index in [9.17, 15) is 13.2 Å². The predicted octanol–water partition coefficient (Wildman–Crippen LogP) is 3.33. The molecule has 1 aromatic carbocycles. The first kappa shape index (κ1) is 13.0. The smallest absolute Gasteiger partial charge is 0.161 e. The molecule has 1 N–H and O–H groups in total. The van der Waals surface area contributed by atoms with Gasteiger partial charge in [-0.1, -0.05) is 0 Å². The van der Waals surface area contributed by atoms with Crippen LogP contribution in [0.4, 0.5) is 18.9 Å². The largest absolute Gasteiger partial charge is 0.376 e. The zero-order valence-electron chi connectivity index (χ0n) is 11.0. The highest BCUT2D eigenvalue weighted by Gasteiger charge is 2.24. The van der Waals surface area contributed by atoms with E-state index in [1.807, 2.05) is 7.05 Å². The van der Waals surface area contributed by atoms with Gasteiger partial charge in [0.1, 0.15) is 5.82 Å². The molecule has 1 aromatic heterocycles. The number of rotatable bonds is 2. The fourth-order valence-electron chi connectivity index (χ4n) is 2.68. The van der Waals surface area contributed by atoms with Crippen LogP contribution in [-0.2, 0) is 13.5 Å². The van der Waals surface area contributed by atoms with Crippen molar-refractivity contribution in [1.82, 2.24) is 9.78 Å². The van der Waals surface area contributed by atoms with Crippen LogP contribution in [0.5, 0.6) is 0 Å². The molecule has 0 saturated heterocycles. The summed E-state index contributed by atoms with van der Waals surface area (Å²) in [5.41, 5.74) is 2.06. The highest BCUT2D eigenvalue weighted by Crippen LogP contribution is 2.33. The second kappa shape index (κ2) is 4.85. The summed E-state index contributed by atoms with van der Waals surface area (Å²) in [5, 5.41) is 7.14. The number of aryl methyl sites for hydroxylation is 1. The van der Waals surface area contributed by atoms with Crippen LogP contribution >= 0.6 is 0 Å². The molecule has 6 heteroatoms. The lowest BCUT2D eigenvalue weighted by Gasteiger charge is -2.25. The first-order chi connectivity index (χ1) is 9.56. The molecule has 1 unspecified atom stereocenters. The van der Waals surface area contributed by atoms with Crippen LogP contribution in [-0.4, -0.2) is 9.78 Å². The Kier molecular flexibility index (Phi) is 3.16. The number of aromatic nitrogens is 2. The summed E-state index contributed by atoms with van der Waals surface area (Å²) in [4.78, 5) is 0. The molecule has 2 aromatic rings. The number of halogens is 3. The third-order valence-electron chi connectivity index (χ3n) is 3.72. The quantitative estimate of drug-likeness (QED) is 0.856. The van der Waals surface area contributed by atoms with E-state index in [2.05, 4.69) is 10.4 Å². The summed E-state index contributed by atoms with van der Waals surface area (Å²) in [7, 11) is 1.86. The molecule has 1 aliphatic carbocycles. The fourth-order valence-corrected chi connectivity index (χ4v) is 2.68. The minimum absolute atomic E-state index is 0.0226. The first-order valence-electron chi connectivity index (χ1n) is 6.48. The second-order valence-electron chi connectivity index (χ2n) is 5.01. The van der Waals surface area contributed by atoms with E-state index in [0.29, 0.717) is 6.07 Å². The molecule has 0 spiro atoms. The number of fused-ring (bicyclic) bond motifs is 1. The molecular weight excluding hydrogens is 267 g/mol. The highest BCUT2D eigenvalue weighted by atomic mass is 19.2. The zero-order valence-corrected chi connectivity index (χ0v) is 11.0. The van der Waals surface area contributed by atoms with Gasteiger partial charge in [0.05, 0.1) is 17.9 Å². The topological polar surface area (TPSA) is 29.9 Å². The SMILES string of the molecule is Cn1ncc2c1CCCC2Nc1cc(F)c(F)cc1F. The monoisotopic (exact) mass is 281 g/mol. The number of anilines is 1. The van der Waals surface area contributed by atoms with Gasteiger partial charge in [0.15, 0.2) is 11.6 Å². The number of hydrogen-bond donors (Lipinski definition) is 1. The third kappa shape index (κ3) is 2.15. The normalized spacial score (nSPS) is 17.9. The van der Waals surface area contributed by atoms with Crippen LogP contribution in [0.1, 0.15) is 30.1 Å². The summed E-state index contributed by atoms with van der Waals surface area (Å²) in [6.07, 6.45) is 4.40. The van der Waals surface area contributed by atoms with E-state index in [1.54, 1.807) is 10.9 Å². The zero-order chi connectivity index (χ0) is 14.3. The van der Waals surface area contributed by atoms with E-state index >= 15 is 0 Å². The van der Waals surface area contributed by atoms with Crippen LogP contribution < -0.4 is 5.32 Å². The van der Waals surface area contributed by atoms with E-state index < -0.39 is 17.5 Å². The molecule has 20 heavy (non-hydrogen) atoms. The average Bonchev–Trinajstić information content (AvgIpc) is 2.79. The number of nitrogens with zero attached hydrogens (tertiary/aromatic N) is 2. The van der Waals surface area contributed by atoms with Crippen LogP contribution in [0.25, 0.3) is 0 Å². The van der Waals surface area contributed by atoms with Crippen molar-refractivity contribution in [2.75, 3.05) is 5.32 Å². The van der Waals surface area contributed by atoms with Crippen molar-refractivity contribution in [3.63, 3.8) is 0 Å². The van der Waals surface area contributed by atoms with Crippen molar-refractivity contribution in [3.8, 4) is 0 Å². The van der Waals surface area contributed by atoms with Crippen molar-refractivity contribution in [3.05, 3.63) is 47.0 Å². The molecule has 3 nitrogen and oxygen atoms in total. The standard InChI is InChI=1S/C14H14F3N3/c1-20-14-4-2-3-12(8(14)7-18-20)19-13-6-10(16)9(15)5-11(13)17/h5-7,12,19H,2-4H2,1H3. The van der Waals surface area contributed by atoms with Crippen LogP contribution in [0.15, 0.2) is 18.3 Å². The average molecular weight is 281 g/mol. The molecule has 1 heterocycles. The molecule has 0 fully saturated rings. The van der Waals surface area contributed by atoms with Crippen molar-refractivity contribution < 1.29 is 13.2 Å². The Labute approximate surface area is 114 Å². The molecular formula is C14H14F3N3. The predicted molar refractivity (Wildman–Crippen MR) is 68.8 cm³/mol. The van der Waals surface area contributed by atoms with Gasteiger partial charge in [0, 0.05) is 30.4 Å². The molecule has 1 atom stereocenters. The molecule has 0 aliphatic heterocycles. The van der Waals surface area contributed by atoms with Crippen molar-refractivity contribution >= 4 is 5.69 Å². The Bertz CT molecular complexity index is 651. The fraction of sp³-hybridized carbons (Fsp3) is 0.357. The van der Waals surface area contributed by atoms with E-state index in [-0.39, 0.29) is 11.7 Å². The number of benzene rings is 1. The lowest BCUT2D eigenvalue weighted by atomic mass is 9.93. The van der Waals surface area contributed by atoms with Gasteiger partial charge in [0.2, 0.25) is 0 Å². The van der Waals surface area contributed by atoms with Gasteiger partial charge in [-0.25, -0.2) is 13.2 Å². The summed E-state index contributed by atoms with van der Waals surface area (Å²) < 4.78 is 41.6. The molecule has 3 rings (SSSR count). The molecule has 0 amide bonds. The minimum Gasteiger partial charge on any atom is -0.376 e. The Morgan fingerprint density at radius 3 is 2.75 bits per heavy atom. The molecule has 0 bridgehead atoms. The van der Waals surface area contributed by atoms with Gasteiger partial charge in [0.25, 0.3) is 0 Å².